The van der Waals surface area contributed by atoms with Crippen molar-refractivity contribution >= 4 is 16.5 Å². The number of hydrogen-bond donors (Lipinski definition) is 2. The second-order valence-corrected chi connectivity index (χ2v) is 4.37. The van der Waals surface area contributed by atoms with Gasteiger partial charge in [-0.2, -0.15) is 0 Å². The number of rotatable bonds is 5. The summed E-state index contributed by atoms with van der Waals surface area (Å²) in [4.78, 5) is 9.52. The van der Waals surface area contributed by atoms with Crippen molar-refractivity contribution in [2.75, 3.05) is 18.4 Å². The zero-order valence-corrected chi connectivity index (χ0v) is 9.70. The van der Waals surface area contributed by atoms with Crippen molar-refractivity contribution in [3.8, 4) is 10.4 Å². The molecule has 4 nitrogen and oxygen atoms in total. The highest BCUT2D eigenvalue weighted by Crippen LogP contribution is 2.27. The van der Waals surface area contributed by atoms with E-state index < -0.39 is 0 Å². The van der Waals surface area contributed by atoms with Gasteiger partial charge in [0.05, 0.1) is 4.88 Å². The number of pyridine rings is 1. The third kappa shape index (κ3) is 2.77. The normalized spacial score (nSPS) is 10.3. The highest BCUT2D eigenvalue weighted by molar-refractivity contribution is 7.18. The van der Waals surface area contributed by atoms with Crippen LogP contribution < -0.4 is 11.1 Å². The van der Waals surface area contributed by atoms with Crippen LogP contribution >= 0.6 is 11.3 Å². The Morgan fingerprint density at radius 2 is 2.31 bits per heavy atom. The molecule has 0 spiro atoms. The molecule has 0 aliphatic rings. The van der Waals surface area contributed by atoms with Gasteiger partial charge in [0, 0.05) is 30.7 Å². The molecule has 5 heteroatoms. The van der Waals surface area contributed by atoms with Crippen LogP contribution in [-0.4, -0.2) is 23.1 Å². The predicted octanol–water partition coefficient (Wildman–Crippen LogP) is 1.97. The van der Waals surface area contributed by atoms with Crippen molar-refractivity contribution in [2.45, 2.75) is 6.42 Å². The van der Waals surface area contributed by atoms with E-state index in [1.165, 1.54) is 0 Å². The smallest absolute Gasteiger partial charge is 0.183 e. The molecule has 0 bridgehead atoms. The van der Waals surface area contributed by atoms with Gasteiger partial charge in [0.2, 0.25) is 0 Å². The molecule has 0 saturated carbocycles. The summed E-state index contributed by atoms with van der Waals surface area (Å²) in [5.74, 6) is 0. The highest BCUT2D eigenvalue weighted by Gasteiger charge is 2.03. The van der Waals surface area contributed by atoms with Gasteiger partial charge in [-0.3, -0.25) is 4.98 Å². The summed E-state index contributed by atoms with van der Waals surface area (Å²) in [6.45, 7) is 1.57. The van der Waals surface area contributed by atoms with E-state index in [-0.39, 0.29) is 0 Å². The SMILES string of the molecule is NCCCNc1ncc(-c2cccnc2)s1. The molecule has 0 unspecified atom stereocenters. The summed E-state index contributed by atoms with van der Waals surface area (Å²) < 4.78 is 0. The number of nitrogens with zero attached hydrogens (tertiary/aromatic N) is 2. The average molecular weight is 234 g/mol. The molecule has 16 heavy (non-hydrogen) atoms. The Bertz CT molecular complexity index is 427. The quantitative estimate of drug-likeness (QED) is 0.776. The molecule has 2 aromatic heterocycles. The third-order valence-electron chi connectivity index (χ3n) is 2.11. The standard InChI is InChI=1S/C11H14N4S/c12-4-2-6-14-11-15-8-10(16-11)9-3-1-5-13-7-9/h1,3,5,7-8H,2,4,6,12H2,(H,14,15). The maximum atomic E-state index is 5.42. The summed E-state index contributed by atoms with van der Waals surface area (Å²) in [6.07, 6.45) is 6.44. The minimum Gasteiger partial charge on any atom is -0.361 e. The summed E-state index contributed by atoms with van der Waals surface area (Å²) >= 11 is 1.63. The second kappa shape index (κ2) is 5.58. The van der Waals surface area contributed by atoms with Gasteiger partial charge in [0.15, 0.2) is 5.13 Å². The molecule has 0 saturated heterocycles. The lowest BCUT2D eigenvalue weighted by molar-refractivity contribution is 0.873. The summed E-state index contributed by atoms with van der Waals surface area (Å²) in [5, 5.41) is 4.18. The van der Waals surface area contributed by atoms with Gasteiger partial charge in [0.25, 0.3) is 0 Å². The van der Waals surface area contributed by atoms with Gasteiger partial charge in [-0.05, 0) is 19.0 Å². The first-order chi connectivity index (χ1) is 7.90. The fourth-order valence-electron chi connectivity index (χ4n) is 1.30. The molecular weight excluding hydrogens is 220 g/mol. The lowest BCUT2D eigenvalue weighted by Gasteiger charge is -1.99. The van der Waals surface area contributed by atoms with Crippen LogP contribution in [0.15, 0.2) is 30.7 Å². The van der Waals surface area contributed by atoms with Crippen molar-refractivity contribution < 1.29 is 0 Å². The topological polar surface area (TPSA) is 63.8 Å². The number of hydrogen-bond acceptors (Lipinski definition) is 5. The molecule has 0 aliphatic heterocycles. The van der Waals surface area contributed by atoms with Crippen molar-refractivity contribution in [3.63, 3.8) is 0 Å². The maximum Gasteiger partial charge on any atom is 0.183 e. The predicted molar refractivity (Wildman–Crippen MR) is 67.5 cm³/mol. The van der Waals surface area contributed by atoms with Gasteiger partial charge in [-0.15, -0.1) is 0 Å². The molecule has 84 valence electrons. The fourth-order valence-corrected chi connectivity index (χ4v) is 2.13. The zero-order valence-electron chi connectivity index (χ0n) is 8.89. The highest BCUT2D eigenvalue weighted by atomic mass is 32.1. The van der Waals surface area contributed by atoms with Crippen LogP contribution in [0.25, 0.3) is 10.4 Å². The number of nitrogens with one attached hydrogen (secondary N) is 1. The number of nitrogens with two attached hydrogens (primary N) is 1. The van der Waals surface area contributed by atoms with E-state index in [9.17, 15) is 0 Å². The first-order valence-corrected chi connectivity index (χ1v) is 6.02. The fraction of sp³-hybridized carbons (Fsp3) is 0.273. The van der Waals surface area contributed by atoms with E-state index >= 15 is 0 Å². The summed E-state index contributed by atoms with van der Waals surface area (Å²) in [5.41, 5.74) is 6.53. The molecular formula is C11H14N4S. The largest absolute Gasteiger partial charge is 0.361 e. The van der Waals surface area contributed by atoms with Crippen molar-refractivity contribution in [1.29, 1.82) is 0 Å². The first kappa shape index (κ1) is 11.0. The van der Waals surface area contributed by atoms with Crippen LogP contribution in [0, 0.1) is 0 Å². The second-order valence-electron chi connectivity index (χ2n) is 3.34. The van der Waals surface area contributed by atoms with E-state index in [1.807, 2.05) is 24.5 Å². The van der Waals surface area contributed by atoms with E-state index in [1.54, 1.807) is 17.5 Å². The van der Waals surface area contributed by atoms with Crippen molar-refractivity contribution in [1.82, 2.24) is 9.97 Å². The molecule has 0 atom stereocenters. The Kier molecular flexibility index (Phi) is 3.85. The molecule has 3 N–H and O–H groups in total. The molecule has 2 heterocycles. The molecule has 0 aromatic carbocycles. The lowest BCUT2D eigenvalue weighted by atomic mass is 10.3. The minimum absolute atomic E-state index is 0.702. The molecule has 0 amide bonds. The maximum absolute atomic E-state index is 5.42. The van der Waals surface area contributed by atoms with Gasteiger partial charge >= 0.3 is 0 Å². The Morgan fingerprint density at radius 3 is 3.06 bits per heavy atom. The Balaban J connectivity index is 2.02. The van der Waals surface area contributed by atoms with Crippen molar-refractivity contribution in [2.24, 2.45) is 5.73 Å². The van der Waals surface area contributed by atoms with Gasteiger partial charge < -0.3 is 11.1 Å². The van der Waals surface area contributed by atoms with Crippen LogP contribution in [0.1, 0.15) is 6.42 Å². The van der Waals surface area contributed by atoms with Crippen LogP contribution in [0.3, 0.4) is 0 Å². The summed E-state index contributed by atoms with van der Waals surface area (Å²) in [7, 11) is 0. The van der Waals surface area contributed by atoms with Gasteiger partial charge in [-0.25, -0.2) is 4.98 Å². The number of aromatic nitrogens is 2. The van der Waals surface area contributed by atoms with Crippen molar-refractivity contribution in [3.05, 3.63) is 30.7 Å². The minimum atomic E-state index is 0.702. The van der Waals surface area contributed by atoms with Gasteiger partial charge in [-0.1, -0.05) is 17.4 Å². The van der Waals surface area contributed by atoms with E-state index in [0.29, 0.717) is 6.54 Å². The lowest BCUT2D eigenvalue weighted by Crippen LogP contribution is -2.07. The molecule has 0 radical (unpaired) electrons. The van der Waals surface area contributed by atoms with E-state index in [4.69, 9.17) is 5.73 Å². The van der Waals surface area contributed by atoms with Gasteiger partial charge in [0.1, 0.15) is 0 Å². The first-order valence-electron chi connectivity index (χ1n) is 5.20. The summed E-state index contributed by atoms with van der Waals surface area (Å²) in [6, 6.07) is 3.96. The van der Waals surface area contributed by atoms with Crippen LogP contribution in [-0.2, 0) is 0 Å². The third-order valence-corrected chi connectivity index (χ3v) is 3.11. The van der Waals surface area contributed by atoms with Crippen LogP contribution in [0.2, 0.25) is 0 Å². The average Bonchev–Trinajstić information content (AvgIpc) is 2.79. The Morgan fingerprint density at radius 1 is 1.38 bits per heavy atom. The number of anilines is 1. The molecule has 2 rings (SSSR count). The zero-order chi connectivity index (χ0) is 11.2. The monoisotopic (exact) mass is 234 g/mol. The number of thiazole rings is 1. The van der Waals surface area contributed by atoms with Crippen LogP contribution in [0.5, 0.6) is 0 Å². The Hall–Kier alpha value is -1.46. The van der Waals surface area contributed by atoms with E-state index in [0.717, 1.165) is 28.5 Å². The van der Waals surface area contributed by atoms with E-state index in [2.05, 4.69) is 15.3 Å². The molecule has 0 fully saturated rings. The molecule has 0 aliphatic carbocycles. The van der Waals surface area contributed by atoms with Crippen LogP contribution in [0.4, 0.5) is 5.13 Å². The Labute approximate surface area is 98.6 Å². The molecule has 2 aromatic rings.